The monoisotopic (exact) mass is 280 g/mol. The number of hydrogen-bond donors (Lipinski definition) is 1. The van der Waals surface area contributed by atoms with Crippen molar-refractivity contribution in [2.75, 3.05) is 12.3 Å². The molecule has 0 saturated heterocycles. The summed E-state index contributed by atoms with van der Waals surface area (Å²) < 4.78 is 26.1. The van der Waals surface area contributed by atoms with Gasteiger partial charge in [0.15, 0.2) is 0 Å². The van der Waals surface area contributed by atoms with E-state index in [9.17, 15) is 8.42 Å². The molecular weight excluding hydrogens is 260 g/mol. The van der Waals surface area contributed by atoms with E-state index in [1.165, 1.54) is 12.8 Å². The van der Waals surface area contributed by atoms with Crippen molar-refractivity contribution in [1.82, 2.24) is 9.62 Å². The molecule has 1 aromatic carbocycles. The molecule has 1 N–H and O–H groups in total. The van der Waals surface area contributed by atoms with Gasteiger partial charge in [-0.15, -0.1) is 0 Å². The van der Waals surface area contributed by atoms with Crippen LogP contribution < -0.4 is 5.32 Å². The molecule has 1 fully saturated rings. The van der Waals surface area contributed by atoms with Gasteiger partial charge in [0.2, 0.25) is 10.0 Å². The molecular formula is C14H20N2O2S. The lowest BCUT2D eigenvalue weighted by Gasteiger charge is -2.15. The summed E-state index contributed by atoms with van der Waals surface area (Å²) in [5.41, 5.74) is 2.28. The number of fused-ring (bicyclic) bond motifs is 1. The largest absolute Gasteiger partial charge is 0.314 e. The summed E-state index contributed by atoms with van der Waals surface area (Å²) in [6.07, 6.45) is 3.19. The van der Waals surface area contributed by atoms with Gasteiger partial charge in [0, 0.05) is 19.1 Å². The maximum absolute atomic E-state index is 12.3. The molecule has 5 heteroatoms. The standard InChI is InChI=1S/C14H20N2O2S/c17-19(18,9-3-8-15-14-6-7-14)16-10-12-4-1-2-5-13(12)11-16/h1-2,4-5,14-15H,3,6-11H2. The van der Waals surface area contributed by atoms with Crippen molar-refractivity contribution in [3.8, 4) is 0 Å². The second-order valence-electron chi connectivity index (χ2n) is 5.43. The minimum absolute atomic E-state index is 0.251. The molecule has 19 heavy (non-hydrogen) atoms. The fourth-order valence-corrected chi connectivity index (χ4v) is 3.91. The summed E-state index contributed by atoms with van der Waals surface area (Å²) in [5, 5.41) is 3.35. The Morgan fingerprint density at radius 2 is 1.79 bits per heavy atom. The van der Waals surface area contributed by atoms with E-state index in [1.54, 1.807) is 4.31 Å². The number of nitrogens with zero attached hydrogens (tertiary/aromatic N) is 1. The first-order valence-corrected chi connectivity index (χ1v) is 8.54. The first-order valence-electron chi connectivity index (χ1n) is 6.93. The van der Waals surface area contributed by atoms with Crippen LogP contribution in [0.25, 0.3) is 0 Å². The second-order valence-corrected chi connectivity index (χ2v) is 7.52. The van der Waals surface area contributed by atoms with Crippen molar-refractivity contribution in [2.24, 2.45) is 0 Å². The van der Waals surface area contributed by atoms with Gasteiger partial charge in [-0.1, -0.05) is 24.3 Å². The van der Waals surface area contributed by atoms with Gasteiger partial charge in [-0.2, -0.15) is 4.31 Å². The number of nitrogens with one attached hydrogen (secondary N) is 1. The molecule has 0 unspecified atom stereocenters. The summed E-state index contributed by atoms with van der Waals surface area (Å²) in [7, 11) is -3.11. The van der Waals surface area contributed by atoms with Gasteiger partial charge in [0.05, 0.1) is 5.75 Å². The molecule has 2 aliphatic rings. The van der Waals surface area contributed by atoms with Gasteiger partial charge in [-0.3, -0.25) is 0 Å². The lowest BCUT2D eigenvalue weighted by Crippen LogP contribution is -2.30. The highest BCUT2D eigenvalue weighted by Crippen LogP contribution is 2.25. The van der Waals surface area contributed by atoms with Crippen LogP contribution in [-0.2, 0) is 23.1 Å². The first kappa shape index (κ1) is 13.1. The summed E-state index contributed by atoms with van der Waals surface area (Å²) in [5.74, 6) is 0.251. The van der Waals surface area contributed by atoms with Gasteiger partial charge >= 0.3 is 0 Å². The number of sulfonamides is 1. The van der Waals surface area contributed by atoms with Gasteiger partial charge in [0.25, 0.3) is 0 Å². The summed E-state index contributed by atoms with van der Waals surface area (Å²) in [6, 6.07) is 8.61. The minimum Gasteiger partial charge on any atom is -0.314 e. The van der Waals surface area contributed by atoms with Crippen LogP contribution in [-0.4, -0.2) is 31.1 Å². The Morgan fingerprint density at radius 1 is 1.16 bits per heavy atom. The molecule has 0 amide bonds. The van der Waals surface area contributed by atoms with Crippen molar-refractivity contribution in [3.05, 3.63) is 35.4 Å². The Hall–Kier alpha value is -0.910. The average Bonchev–Trinajstić information content (AvgIpc) is 3.10. The molecule has 1 aromatic rings. The smallest absolute Gasteiger partial charge is 0.214 e. The lowest BCUT2D eigenvalue weighted by atomic mass is 10.1. The Balaban J connectivity index is 1.53. The van der Waals surface area contributed by atoms with E-state index < -0.39 is 10.0 Å². The average molecular weight is 280 g/mol. The van der Waals surface area contributed by atoms with Crippen LogP contribution in [0.5, 0.6) is 0 Å². The van der Waals surface area contributed by atoms with E-state index >= 15 is 0 Å². The summed E-state index contributed by atoms with van der Waals surface area (Å²) in [4.78, 5) is 0. The molecule has 1 aliphatic carbocycles. The quantitative estimate of drug-likeness (QED) is 0.803. The molecule has 1 saturated carbocycles. The zero-order chi connectivity index (χ0) is 13.3. The van der Waals surface area contributed by atoms with Crippen molar-refractivity contribution in [2.45, 2.75) is 38.4 Å². The third-order valence-corrected chi connectivity index (χ3v) is 5.64. The fraction of sp³-hybridized carbons (Fsp3) is 0.571. The molecule has 104 valence electrons. The third-order valence-electron chi connectivity index (χ3n) is 3.79. The molecule has 0 bridgehead atoms. The topological polar surface area (TPSA) is 49.4 Å². The fourth-order valence-electron chi connectivity index (χ4n) is 2.48. The summed E-state index contributed by atoms with van der Waals surface area (Å²) in [6.45, 7) is 1.88. The second kappa shape index (κ2) is 5.23. The lowest BCUT2D eigenvalue weighted by molar-refractivity contribution is 0.430. The van der Waals surface area contributed by atoms with Crippen molar-refractivity contribution in [3.63, 3.8) is 0 Å². The Labute approximate surface area is 114 Å². The van der Waals surface area contributed by atoms with Gasteiger partial charge in [-0.05, 0) is 36.9 Å². The van der Waals surface area contributed by atoms with E-state index in [0.29, 0.717) is 25.6 Å². The van der Waals surface area contributed by atoms with Gasteiger partial charge in [-0.25, -0.2) is 8.42 Å². The maximum Gasteiger partial charge on any atom is 0.214 e. The SMILES string of the molecule is O=S(=O)(CCCNC1CC1)N1Cc2ccccc2C1. The van der Waals surface area contributed by atoms with Crippen molar-refractivity contribution in [1.29, 1.82) is 0 Å². The van der Waals surface area contributed by atoms with Crippen LogP contribution in [0.3, 0.4) is 0 Å². The number of benzene rings is 1. The first-order chi connectivity index (χ1) is 9.15. The van der Waals surface area contributed by atoms with Crippen LogP contribution in [0.1, 0.15) is 30.4 Å². The van der Waals surface area contributed by atoms with E-state index in [1.807, 2.05) is 24.3 Å². The molecule has 0 aromatic heterocycles. The van der Waals surface area contributed by atoms with Crippen LogP contribution in [0.2, 0.25) is 0 Å². The summed E-state index contributed by atoms with van der Waals surface area (Å²) >= 11 is 0. The Kier molecular flexibility index (Phi) is 3.60. The van der Waals surface area contributed by atoms with Gasteiger partial charge < -0.3 is 5.32 Å². The normalized spacial score (nSPS) is 19.6. The molecule has 1 aliphatic heterocycles. The number of hydrogen-bond acceptors (Lipinski definition) is 3. The predicted molar refractivity (Wildman–Crippen MR) is 75.1 cm³/mol. The highest BCUT2D eigenvalue weighted by atomic mass is 32.2. The Bertz CT molecular complexity index is 527. The zero-order valence-corrected chi connectivity index (χ0v) is 11.8. The molecule has 0 atom stereocenters. The van der Waals surface area contributed by atoms with Crippen LogP contribution in [0.4, 0.5) is 0 Å². The molecule has 1 heterocycles. The molecule has 0 radical (unpaired) electrons. The minimum atomic E-state index is -3.11. The van der Waals surface area contributed by atoms with E-state index in [2.05, 4.69) is 5.32 Å². The van der Waals surface area contributed by atoms with Crippen molar-refractivity contribution < 1.29 is 8.42 Å². The maximum atomic E-state index is 12.3. The van der Waals surface area contributed by atoms with Crippen LogP contribution >= 0.6 is 0 Å². The molecule has 3 rings (SSSR count). The molecule has 4 nitrogen and oxygen atoms in total. The number of rotatable bonds is 6. The highest BCUT2D eigenvalue weighted by Gasteiger charge is 2.28. The van der Waals surface area contributed by atoms with Crippen LogP contribution in [0, 0.1) is 0 Å². The van der Waals surface area contributed by atoms with Crippen molar-refractivity contribution >= 4 is 10.0 Å². The third kappa shape index (κ3) is 3.16. The van der Waals surface area contributed by atoms with E-state index in [-0.39, 0.29) is 5.75 Å². The highest BCUT2D eigenvalue weighted by molar-refractivity contribution is 7.89. The predicted octanol–water partition coefficient (Wildman–Crippen LogP) is 1.47. The zero-order valence-electron chi connectivity index (χ0n) is 11.0. The van der Waals surface area contributed by atoms with E-state index in [0.717, 1.165) is 17.7 Å². The Morgan fingerprint density at radius 3 is 2.37 bits per heavy atom. The van der Waals surface area contributed by atoms with Crippen LogP contribution in [0.15, 0.2) is 24.3 Å². The molecule has 0 spiro atoms. The van der Waals surface area contributed by atoms with Gasteiger partial charge in [0.1, 0.15) is 0 Å². The van der Waals surface area contributed by atoms with E-state index in [4.69, 9.17) is 0 Å².